The first-order valence-electron chi connectivity index (χ1n) is 9.90. The number of carbonyl (C=O) groups is 1. The number of nitrogens with zero attached hydrogens (tertiary/aromatic N) is 2. The molecule has 1 aromatic heterocycles. The number of piperazine rings is 1. The lowest BCUT2D eigenvalue weighted by atomic mass is 10.1. The molecule has 0 spiro atoms. The molecular weight excluding hydrogens is 425 g/mol. The van der Waals surface area contributed by atoms with Crippen LogP contribution in [0.25, 0.3) is 0 Å². The molecule has 1 fully saturated rings. The summed E-state index contributed by atoms with van der Waals surface area (Å²) in [7, 11) is 0. The van der Waals surface area contributed by atoms with Crippen LogP contribution in [-0.2, 0) is 13.2 Å². The van der Waals surface area contributed by atoms with Crippen LogP contribution >= 0.6 is 11.3 Å². The van der Waals surface area contributed by atoms with Crippen molar-refractivity contribution in [3.63, 3.8) is 0 Å². The first-order valence-corrected chi connectivity index (χ1v) is 10.8. The first kappa shape index (κ1) is 21.4. The predicted molar refractivity (Wildman–Crippen MR) is 113 cm³/mol. The van der Waals surface area contributed by atoms with Crippen molar-refractivity contribution >= 4 is 17.2 Å². The summed E-state index contributed by atoms with van der Waals surface area (Å²) in [5, 5.41) is 1.87. The molecule has 8 heteroatoms. The molecular formula is C23H21F3N2O2S. The van der Waals surface area contributed by atoms with Crippen molar-refractivity contribution in [2.75, 3.05) is 26.2 Å². The van der Waals surface area contributed by atoms with E-state index in [-0.39, 0.29) is 11.7 Å². The van der Waals surface area contributed by atoms with Crippen LogP contribution in [0.1, 0.15) is 20.8 Å². The number of ether oxygens (including phenoxy) is 1. The Labute approximate surface area is 182 Å². The molecule has 0 aliphatic carbocycles. The molecule has 4 rings (SSSR count). The normalized spacial score (nSPS) is 14.6. The highest BCUT2D eigenvalue weighted by Crippen LogP contribution is 2.21. The number of thiophene rings is 1. The average Bonchev–Trinajstić information content (AvgIpc) is 3.26. The van der Waals surface area contributed by atoms with E-state index >= 15 is 0 Å². The maximum Gasteiger partial charge on any atom is 0.264 e. The van der Waals surface area contributed by atoms with E-state index in [0.29, 0.717) is 55.5 Å². The fraction of sp³-hybridized carbons (Fsp3) is 0.261. The standard InChI is InChI=1S/C23H21F3N2O2S/c24-18-4-6-19(7-5-18)30-14-16-12-21(31-15-16)23(29)28-10-8-27(9-11-28)13-17-2-1-3-20(25)22(17)26/h1-7,12,15H,8-11,13-14H2. The maximum atomic E-state index is 13.9. The zero-order valence-electron chi connectivity index (χ0n) is 16.7. The molecule has 162 valence electrons. The molecule has 0 radical (unpaired) electrons. The Bertz CT molecular complexity index is 1050. The van der Waals surface area contributed by atoms with E-state index < -0.39 is 11.6 Å². The molecule has 4 nitrogen and oxygen atoms in total. The van der Waals surface area contributed by atoms with E-state index in [1.54, 1.807) is 23.1 Å². The van der Waals surface area contributed by atoms with E-state index in [4.69, 9.17) is 4.74 Å². The Balaban J connectivity index is 1.28. The van der Waals surface area contributed by atoms with Crippen LogP contribution in [0.5, 0.6) is 5.75 Å². The van der Waals surface area contributed by atoms with Crippen molar-refractivity contribution < 1.29 is 22.7 Å². The summed E-state index contributed by atoms with van der Waals surface area (Å²) in [5.41, 5.74) is 1.20. The minimum atomic E-state index is -0.844. The van der Waals surface area contributed by atoms with Gasteiger partial charge in [0.1, 0.15) is 18.2 Å². The minimum Gasteiger partial charge on any atom is -0.489 e. The molecule has 2 heterocycles. The lowest BCUT2D eigenvalue weighted by molar-refractivity contribution is 0.0631. The first-order chi connectivity index (χ1) is 15.0. The quantitative estimate of drug-likeness (QED) is 0.550. The zero-order chi connectivity index (χ0) is 21.8. The van der Waals surface area contributed by atoms with Crippen molar-refractivity contribution in [1.82, 2.24) is 9.80 Å². The van der Waals surface area contributed by atoms with E-state index in [1.165, 1.54) is 29.5 Å². The summed E-state index contributed by atoms with van der Waals surface area (Å²) in [6.07, 6.45) is 0. The van der Waals surface area contributed by atoms with Crippen molar-refractivity contribution in [3.05, 3.63) is 87.4 Å². The van der Waals surface area contributed by atoms with Gasteiger partial charge in [0.05, 0.1) is 4.88 Å². The number of amides is 1. The molecule has 1 aliphatic rings. The lowest BCUT2D eigenvalue weighted by Crippen LogP contribution is -2.48. The summed E-state index contributed by atoms with van der Waals surface area (Å²) in [4.78, 5) is 17.2. The molecule has 0 unspecified atom stereocenters. The molecule has 31 heavy (non-hydrogen) atoms. The molecule has 0 saturated carbocycles. The highest BCUT2D eigenvalue weighted by atomic mass is 32.1. The summed E-state index contributed by atoms with van der Waals surface area (Å²) < 4.78 is 45.9. The SMILES string of the molecule is O=C(c1cc(COc2ccc(F)cc2)cs1)N1CCN(Cc2cccc(F)c2F)CC1. The third kappa shape index (κ3) is 5.26. The smallest absolute Gasteiger partial charge is 0.264 e. The number of carbonyl (C=O) groups excluding carboxylic acids is 1. The average molecular weight is 446 g/mol. The summed E-state index contributed by atoms with van der Waals surface area (Å²) in [6, 6.07) is 11.8. The number of hydrogen-bond acceptors (Lipinski definition) is 4. The van der Waals surface area contributed by atoms with Gasteiger partial charge in [0.15, 0.2) is 11.6 Å². The van der Waals surface area contributed by atoms with Gasteiger partial charge in [-0.2, -0.15) is 0 Å². The van der Waals surface area contributed by atoms with E-state index in [0.717, 1.165) is 11.6 Å². The minimum absolute atomic E-state index is 0.0466. The molecule has 2 aromatic carbocycles. The molecule has 0 atom stereocenters. The van der Waals surface area contributed by atoms with E-state index in [1.807, 2.05) is 16.3 Å². The third-order valence-electron chi connectivity index (χ3n) is 5.17. The van der Waals surface area contributed by atoms with Gasteiger partial charge in [-0.1, -0.05) is 12.1 Å². The van der Waals surface area contributed by atoms with Gasteiger partial charge in [-0.05, 0) is 41.8 Å². The lowest BCUT2D eigenvalue weighted by Gasteiger charge is -2.34. The number of hydrogen-bond donors (Lipinski definition) is 0. The van der Waals surface area contributed by atoms with Crippen LogP contribution in [0.15, 0.2) is 53.9 Å². The zero-order valence-corrected chi connectivity index (χ0v) is 17.5. The second-order valence-electron chi connectivity index (χ2n) is 7.34. The van der Waals surface area contributed by atoms with E-state index in [9.17, 15) is 18.0 Å². The maximum absolute atomic E-state index is 13.9. The van der Waals surface area contributed by atoms with Crippen LogP contribution in [0.3, 0.4) is 0 Å². The van der Waals surface area contributed by atoms with Gasteiger partial charge in [-0.25, -0.2) is 13.2 Å². The second kappa shape index (κ2) is 9.53. The molecule has 0 bridgehead atoms. The second-order valence-corrected chi connectivity index (χ2v) is 8.25. The van der Waals surface area contributed by atoms with Gasteiger partial charge < -0.3 is 9.64 Å². The van der Waals surface area contributed by atoms with Crippen molar-refractivity contribution in [3.8, 4) is 5.75 Å². The Morgan fingerprint density at radius 2 is 1.74 bits per heavy atom. The largest absolute Gasteiger partial charge is 0.489 e. The van der Waals surface area contributed by atoms with Crippen LogP contribution in [0.4, 0.5) is 13.2 Å². The molecule has 1 amide bonds. The highest BCUT2D eigenvalue weighted by Gasteiger charge is 2.24. The fourth-order valence-corrected chi connectivity index (χ4v) is 4.30. The summed E-state index contributed by atoms with van der Waals surface area (Å²) >= 11 is 1.36. The predicted octanol–water partition coefficient (Wildman–Crippen LogP) is 4.70. The molecule has 0 N–H and O–H groups in total. The van der Waals surface area contributed by atoms with Crippen LogP contribution in [0, 0.1) is 17.5 Å². The van der Waals surface area contributed by atoms with Crippen LogP contribution < -0.4 is 4.74 Å². The Morgan fingerprint density at radius 1 is 1.00 bits per heavy atom. The topological polar surface area (TPSA) is 32.8 Å². The van der Waals surface area contributed by atoms with Gasteiger partial charge in [-0.3, -0.25) is 9.69 Å². The van der Waals surface area contributed by atoms with Crippen molar-refractivity contribution in [2.24, 2.45) is 0 Å². The van der Waals surface area contributed by atoms with Gasteiger partial charge in [0.25, 0.3) is 5.91 Å². The Morgan fingerprint density at radius 3 is 2.48 bits per heavy atom. The van der Waals surface area contributed by atoms with Crippen molar-refractivity contribution in [2.45, 2.75) is 13.2 Å². The fourth-order valence-electron chi connectivity index (χ4n) is 3.44. The van der Waals surface area contributed by atoms with Gasteiger partial charge in [-0.15, -0.1) is 11.3 Å². The van der Waals surface area contributed by atoms with Gasteiger partial charge in [0, 0.05) is 43.9 Å². The van der Waals surface area contributed by atoms with Gasteiger partial charge >= 0.3 is 0 Å². The third-order valence-corrected chi connectivity index (χ3v) is 6.14. The Kier molecular flexibility index (Phi) is 6.58. The van der Waals surface area contributed by atoms with Gasteiger partial charge in [0.2, 0.25) is 0 Å². The number of benzene rings is 2. The number of rotatable bonds is 6. The summed E-state index contributed by atoms with van der Waals surface area (Å²) in [5.74, 6) is -1.46. The van der Waals surface area contributed by atoms with Crippen LogP contribution in [0.2, 0.25) is 0 Å². The van der Waals surface area contributed by atoms with Crippen molar-refractivity contribution in [1.29, 1.82) is 0 Å². The number of halogens is 3. The van der Waals surface area contributed by atoms with E-state index in [2.05, 4.69) is 0 Å². The Hall–Kier alpha value is -2.84. The highest BCUT2D eigenvalue weighted by molar-refractivity contribution is 7.12. The van der Waals surface area contributed by atoms with Crippen LogP contribution in [-0.4, -0.2) is 41.9 Å². The molecule has 1 aliphatic heterocycles. The summed E-state index contributed by atoms with van der Waals surface area (Å²) in [6.45, 7) is 2.84. The molecule has 1 saturated heterocycles. The monoisotopic (exact) mass is 446 g/mol. The molecule has 3 aromatic rings.